The number of aromatic amines is 1. The summed E-state index contributed by atoms with van der Waals surface area (Å²) < 4.78 is 5.56. The molecule has 11 heteroatoms. The lowest BCUT2D eigenvalue weighted by Gasteiger charge is -2.38. The minimum atomic E-state index is -1.70. The Kier molecular flexibility index (Phi) is 6.43. The van der Waals surface area contributed by atoms with Crippen LogP contribution in [-0.4, -0.2) is 39.1 Å². The van der Waals surface area contributed by atoms with Gasteiger partial charge in [0.1, 0.15) is 0 Å². The maximum absolute atomic E-state index is 13.5. The zero-order valence-electron chi connectivity index (χ0n) is 18.0. The van der Waals surface area contributed by atoms with Crippen molar-refractivity contribution < 1.29 is 19.4 Å². The highest BCUT2D eigenvalue weighted by atomic mass is 79.9. The molecule has 4 aromatic rings. The lowest BCUT2D eigenvalue weighted by molar-refractivity contribution is -0.0670. The molecule has 8 nitrogen and oxygen atoms in total. The van der Waals surface area contributed by atoms with Crippen LogP contribution in [0.25, 0.3) is 11.0 Å². The van der Waals surface area contributed by atoms with Gasteiger partial charge in [-0.3, -0.25) is 15.0 Å². The predicted octanol–water partition coefficient (Wildman–Crippen LogP) is 5.40. The van der Waals surface area contributed by atoms with Crippen molar-refractivity contribution in [3.05, 3.63) is 80.0 Å². The summed E-state index contributed by atoms with van der Waals surface area (Å²) in [5.74, 6) is -0.0274. The van der Waals surface area contributed by atoms with Gasteiger partial charge >= 0.3 is 6.09 Å². The average molecular weight is 564 g/mol. The smallest absolute Gasteiger partial charge is 0.413 e. The highest BCUT2D eigenvalue weighted by Crippen LogP contribution is 2.48. The Morgan fingerprint density at radius 1 is 1.26 bits per heavy atom. The maximum atomic E-state index is 13.5. The molecule has 1 aliphatic rings. The standard InChI is InChI=1S/C23H19BrN4O4S.ClH/c1-12(18-9-10-19(24)33-18)28-20(29)14-5-3-4-6-15(14)23(28,31)13-7-8-16-17(11-13)26-21(25-16)27-22(30)32-2;/h3-12,31H,1-2H3,(H2,25,26,27,30);1H. The number of carbonyl (C=O) groups is 2. The number of halogens is 2. The van der Waals surface area contributed by atoms with Crippen LogP contribution < -0.4 is 5.32 Å². The van der Waals surface area contributed by atoms with Crippen LogP contribution >= 0.6 is 39.7 Å². The number of amides is 2. The summed E-state index contributed by atoms with van der Waals surface area (Å²) in [6.45, 7) is 1.90. The highest BCUT2D eigenvalue weighted by Gasteiger charge is 2.52. The maximum Gasteiger partial charge on any atom is 0.413 e. The Balaban J connectivity index is 0.00000274. The van der Waals surface area contributed by atoms with E-state index >= 15 is 0 Å². The second-order valence-electron chi connectivity index (χ2n) is 7.64. The molecule has 2 atom stereocenters. The molecule has 34 heavy (non-hydrogen) atoms. The van der Waals surface area contributed by atoms with E-state index in [1.54, 1.807) is 42.5 Å². The average Bonchev–Trinajstić information content (AvgIpc) is 3.48. The zero-order chi connectivity index (χ0) is 23.3. The molecule has 176 valence electrons. The fourth-order valence-electron chi connectivity index (χ4n) is 4.24. The normalized spacial score (nSPS) is 17.9. The third-order valence-corrected chi connectivity index (χ3v) is 7.58. The zero-order valence-corrected chi connectivity index (χ0v) is 21.3. The lowest BCUT2D eigenvalue weighted by Crippen LogP contribution is -2.45. The molecule has 0 bridgehead atoms. The number of ether oxygens (including phenoxy) is 1. The molecule has 0 saturated carbocycles. The lowest BCUT2D eigenvalue weighted by atomic mass is 9.93. The van der Waals surface area contributed by atoms with Crippen LogP contribution in [0.5, 0.6) is 0 Å². The molecule has 2 amide bonds. The number of hydrogen-bond acceptors (Lipinski definition) is 6. The molecular formula is C23H20BrClN4O4S. The topological polar surface area (TPSA) is 108 Å². The van der Waals surface area contributed by atoms with E-state index in [9.17, 15) is 14.7 Å². The van der Waals surface area contributed by atoms with Gasteiger partial charge in [-0.05, 0) is 53.2 Å². The second-order valence-corrected chi connectivity index (χ2v) is 10.1. The molecule has 0 fully saturated rings. The van der Waals surface area contributed by atoms with Crippen molar-refractivity contribution in [1.82, 2.24) is 14.9 Å². The Morgan fingerprint density at radius 3 is 2.74 bits per heavy atom. The summed E-state index contributed by atoms with van der Waals surface area (Å²) in [5.41, 5.74) is 0.969. The van der Waals surface area contributed by atoms with Crippen LogP contribution in [-0.2, 0) is 10.5 Å². The van der Waals surface area contributed by atoms with E-state index in [2.05, 4.69) is 36.0 Å². The number of fused-ring (bicyclic) bond motifs is 2. The van der Waals surface area contributed by atoms with E-state index in [4.69, 9.17) is 0 Å². The van der Waals surface area contributed by atoms with Crippen LogP contribution in [0.2, 0.25) is 0 Å². The number of hydrogen-bond donors (Lipinski definition) is 3. The first-order valence-electron chi connectivity index (χ1n) is 10.1. The number of H-pyrrole nitrogens is 1. The van der Waals surface area contributed by atoms with Gasteiger partial charge in [0, 0.05) is 21.6 Å². The molecule has 3 N–H and O–H groups in total. The van der Waals surface area contributed by atoms with E-state index in [-0.39, 0.29) is 30.3 Å². The summed E-state index contributed by atoms with van der Waals surface area (Å²) in [5, 5.41) is 14.7. The molecule has 2 unspecified atom stereocenters. The second kappa shape index (κ2) is 9.03. The molecule has 1 aliphatic heterocycles. The van der Waals surface area contributed by atoms with Gasteiger partial charge in [-0.25, -0.2) is 9.78 Å². The largest absolute Gasteiger partial charge is 0.453 e. The summed E-state index contributed by atoms with van der Waals surface area (Å²) in [7, 11) is 1.27. The number of anilines is 1. The van der Waals surface area contributed by atoms with Gasteiger partial charge in [0.25, 0.3) is 5.91 Å². The number of imidazole rings is 1. The van der Waals surface area contributed by atoms with Crippen LogP contribution in [0.1, 0.15) is 39.3 Å². The van der Waals surface area contributed by atoms with Crippen LogP contribution in [0.15, 0.2) is 58.4 Å². The van der Waals surface area contributed by atoms with Crippen molar-refractivity contribution in [3.8, 4) is 0 Å². The summed E-state index contributed by atoms with van der Waals surface area (Å²) in [6, 6.07) is 15.8. The monoisotopic (exact) mass is 562 g/mol. The molecule has 3 heterocycles. The first-order valence-corrected chi connectivity index (χ1v) is 11.7. The van der Waals surface area contributed by atoms with Gasteiger partial charge in [0.2, 0.25) is 5.95 Å². The number of benzene rings is 2. The van der Waals surface area contributed by atoms with Gasteiger partial charge < -0.3 is 14.8 Å². The van der Waals surface area contributed by atoms with Crippen molar-refractivity contribution >= 4 is 68.7 Å². The van der Waals surface area contributed by atoms with Gasteiger partial charge in [-0.15, -0.1) is 23.7 Å². The number of aliphatic hydroxyl groups is 1. The van der Waals surface area contributed by atoms with Crippen LogP contribution in [0.3, 0.4) is 0 Å². The Labute approximate surface area is 213 Å². The van der Waals surface area contributed by atoms with E-state index < -0.39 is 11.8 Å². The molecule has 5 rings (SSSR count). The fraction of sp³-hybridized carbons (Fsp3) is 0.174. The molecular weight excluding hydrogens is 544 g/mol. The van der Waals surface area contributed by atoms with Gasteiger partial charge in [-0.1, -0.05) is 24.3 Å². The number of thiophene rings is 1. The van der Waals surface area contributed by atoms with E-state index in [1.165, 1.54) is 23.3 Å². The summed E-state index contributed by atoms with van der Waals surface area (Å²) in [4.78, 5) is 34.8. The minimum absolute atomic E-state index is 0. The van der Waals surface area contributed by atoms with E-state index in [0.717, 1.165) is 8.66 Å². The molecule has 2 aromatic carbocycles. The van der Waals surface area contributed by atoms with Crippen molar-refractivity contribution in [1.29, 1.82) is 0 Å². The molecule has 2 aromatic heterocycles. The number of nitrogens with zero attached hydrogens (tertiary/aromatic N) is 2. The Hall–Kier alpha value is -2.92. The predicted molar refractivity (Wildman–Crippen MR) is 135 cm³/mol. The quantitative estimate of drug-likeness (QED) is 0.308. The number of carbonyl (C=O) groups excluding carboxylic acids is 2. The number of rotatable bonds is 4. The van der Waals surface area contributed by atoms with E-state index in [1.807, 2.05) is 19.1 Å². The molecule has 0 spiro atoms. The molecule has 0 radical (unpaired) electrons. The number of nitrogens with one attached hydrogen (secondary N) is 2. The SMILES string of the molecule is COC(=O)Nc1nc2ccc(C3(O)c4ccccc4C(=O)N3C(C)c3ccc(Br)s3)cc2[nH]1.Cl. The van der Waals surface area contributed by atoms with Crippen molar-refractivity contribution in [2.45, 2.75) is 18.7 Å². The third-order valence-electron chi connectivity index (χ3n) is 5.78. The molecule has 0 aliphatic carbocycles. The summed E-state index contributed by atoms with van der Waals surface area (Å²) >= 11 is 5.00. The Morgan fingerprint density at radius 2 is 2.03 bits per heavy atom. The number of methoxy groups -OCH3 is 1. The van der Waals surface area contributed by atoms with Gasteiger partial charge in [-0.2, -0.15) is 0 Å². The first-order chi connectivity index (χ1) is 15.8. The van der Waals surface area contributed by atoms with Crippen molar-refractivity contribution in [2.24, 2.45) is 0 Å². The van der Waals surface area contributed by atoms with Crippen LogP contribution in [0.4, 0.5) is 10.7 Å². The summed E-state index contributed by atoms with van der Waals surface area (Å²) in [6.07, 6.45) is -0.648. The van der Waals surface area contributed by atoms with Crippen molar-refractivity contribution in [2.75, 3.05) is 12.4 Å². The number of aromatic nitrogens is 2. The van der Waals surface area contributed by atoms with Gasteiger partial charge in [0.05, 0.1) is 28.0 Å². The van der Waals surface area contributed by atoms with Crippen LogP contribution in [0, 0.1) is 0 Å². The van der Waals surface area contributed by atoms with E-state index in [0.29, 0.717) is 27.7 Å². The van der Waals surface area contributed by atoms with Gasteiger partial charge in [0.15, 0.2) is 5.72 Å². The van der Waals surface area contributed by atoms with Crippen molar-refractivity contribution in [3.63, 3.8) is 0 Å². The molecule has 0 saturated heterocycles. The highest BCUT2D eigenvalue weighted by molar-refractivity contribution is 9.11. The minimum Gasteiger partial charge on any atom is -0.453 e. The Bertz CT molecular complexity index is 1410. The first kappa shape index (κ1) is 24.2. The third kappa shape index (κ3) is 3.76. The fourth-order valence-corrected chi connectivity index (χ4v) is 5.71.